The highest BCUT2D eigenvalue weighted by Crippen LogP contribution is 2.31. The van der Waals surface area contributed by atoms with E-state index in [0.29, 0.717) is 22.6 Å². The molecule has 1 heterocycles. The van der Waals surface area contributed by atoms with Gasteiger partial charge in [0.25, 0.3) is 0 Å². The molecule has 0 N–H and O–H groups in total. The molecule has 1 aromatic carbocycles. The average Bonchev–Trinajstić information content (AvgIpc) is 2.46. The number of halogens is 3. The molecule has 9 heteroatoms. The van der Waals surface area contributed by atoms with Crippen LogP contribution in [-0.4, -0.2) is 26.0 Å². The van der Waals surface area contributed by atoms with Crippen LogP contribution < -0.4 is 8.92 Å². The third kappa shape index (κ3) is 3.73. The van der Waals surface area contributed by atoms with E-state index in [4.69, 9.17) is 4.74 Å². The van der Waals surface area contributed by atoms with E-state index in [-0.39, 0.29) is 0 Å². The Hall–Kier alpha value is -2.29. The fourth-order valence-electron chi connectivity index (χ4n) is 1.85. The molecule has 23 heavy (non-hydrogen) atoms. The van der Waals surface area contributed by atoms with E-state index in [1.807, 2.05) is 0 Å². The fraction of sp³-hybridized carbons (Fsp3) is 0.214. The first-order valence-corrected chi connectivity index (χ1v) is 7.67. The normalized spacial score (nSPS) is 12.0. The highest BCUT2D eigenvalue weighted by molar-refractivity contribution is 7.88. The molecule has 0 amide bonds. The zero-order valence-electron chi connectivity index (χ0n) is 12.1. The van der Waals surface area contributed by atoms with Gasteiger partial charge in [0, 0.05) is 17.8 Å². The number of hydrogen-bond acceptors (Lipinski definition) is 5. The van der Waals surface area contributed by atoms with Gasteiger partial charge in [-0.25, -0.2) is 4.98 Å². The van der Waals surface area contributed by atoms with Crippen molar-refractivity contribution in [1.82, 2.24) is 4.98 Å². The molecule has 124 valence electrons. The number of aryl methyl sites for hydroxylation is 1. The Morgan fingerprint density at radius 2 is 1.83 bits per heavy atom. The standard InChI is InChI=1S/C14H12F3NO4S/c1-9-7-11(22-23(19,20)14(15,16)17)4-5-12(9)10-3-6-13(21-2)18-8-10/h3-8H,1-2H3. The largest absolute Gasteiger partial charge is 0.534 e. The molecule has 0 atom stereocenters. The van der Waals surface area contributed by atoms with Gasteiger partial charge in [-0.2, -0.15) is 21.6 Å². The summed E-state index contributed by atoms with van der Waals surface area (Å²) in [6, 6.07) is 7.17. The van der Waals surface area contributed by atoms with Crippen LogP contribution in [-0.2, 0) is 10.1 Å². The van der Waals surface area contributed by atoms with Gasteiger partial charge >= 0.3 is 15.6 Å². The highest BCUT2D eigenvalue weighted by atomic mass is 32.2. The SMILES string of the molecule is COc1ccc(-c2ccc(OS(=O)(=O)C(F)(F)F)cc2C)cn1. The predicted molar refractivity (Wildman–Crippen MR) is 76.6 cm³/mol. The van der Waals surface area contributed by atoms with Crippen LogP contribution in [0.1, 0.15) is 5.56 Å². The second-order valence-corrected chi connectivity index (χ2v) is 6.09. The summed E-state index contributed by atoms with van der Waals surface area (Å²) in [6.07, 6.45) is 1.54. The first-order chi connectivity index (χ1) is 10.6. The minimum atomic E-state index is -5.68. The topological polar surface area (TPSA) is 65.5 Å². The Morgan fingerprint density at radius 3 is 2.30 bits per heavy atom. The minimum absolute atomic E-state index is 0.412. The molecule has 0 fully saturated rings. The van der Waals surface area contributed by atoms with Crippen molar-refractivity contribution in [3.8, 4) is 22.8 Å². The first kappa shape index (κ1) is 17.1. The summed E-state index contributed by atoms with van der Waals surface area (Å²) >= 11 is 0. The van der Waals surface area contributed by atoms with Gasteiger partial charge in [-0.05, 0) is 36.2 Å². The molecule has 0 spiro atoms. The summed E-state index contributed by atoms with van der Waals surface area (Å²) in [5.74, 6) is 0.00710. The summed E-state index contributed by atoms with van der Waals surface area (Å²) in [6.45, 7) is 1.62. The molecule has 1 aromatic heterocycles. The number of benzene rings is 1. The smallest absolute Gasteiger partial charge is 0.481 e. The van der Waals surface area contributed by atoms with Gasteiger partial charge in [0.2, 0.25) is 5.88 Å². The molecule has 0 bridgehead atoms. The zero-order chi connectivity index (χ0) is 17.3. The third-order valence-electron chi connectivity index (χ3n) is 2.94. The van der Waals surface area contributed by atoms with Crippen LogP contribution in [0.15, 0.2) is 36.5 Å². The molecule has 0 saturated carbocycles. The van der Waals surface area contributed by atoms with Crippen LogP contribution in [0.2, 0.25) is 0 Å². The molecule has 2 aromatic rings. The number of alkyl halides is 3. The van der Waals surface area contributed by atoms with Crippen molar-refractivity contribution in [2.45, 2.75) is 12.4 Å². The third-order valence-corrected chi connectivity index (χ3v) is 3.92. The Morgan fingerprint density at radius 1 is 1.13 bits per heavy atom. The second-order valence-electron chi connectivity index (χ2n) is 4.55. The molecule has 0 unspecified atom stereocenters. The molecule has 0 aliphatic carbocycles. The van der Waals surface area contributed by atoms with Gasteiger partial charge in [0.1, 0.15) is 5.75 Å². The number of rotatable bonds is 4. The first-order valence-electron chi connectivity index (χ1n) is 6.26. The maximum Gasteiger partial charge on any atom is 0.534 e. The van der Waals surface area contributed by atoms with Crippen molar-refractivity contribution >= 4 is 10.1 Å². The van der Waals surface area contributed by atoms with Crippen molar-refractivity contribution in [2.24, 2.45) is 0 Å². The number of hydrogen-bond donors (Lipinski definition) is 0. The van der Waals surface area contributed by atoms with Crippen molar-refractivity contribution < 1.29 is 30.5 Å². The maximum atomic E-state index is 12.3. The van der Waals surface area contributed by atoms with Gasteiger partial charge in [-0.3, -0.25) is 0 Å². The Labute approximate surface area is 130 Å². The van der Waals surface area contributed by atoms with E-state index in [9.17, 15) is 21.6 Å². The Kier molecular flexibility index (Phi) is 4.51. The van der Waals surface area contributed by atoms with Crippen LogP contribution in [0, 0.1) is 6.92 Å². The van der Waals surface area contributed by atoms with E-state index in [2.05, 4.69) is 9.17 Å². The summed E-state index contributed by atoms with van der Waals surface area (Å²) in [5, 5.41) is 0. The lowest BCUT2D eigenvalue weighted by Crippen LogP contribution is -2.28. The van der Waals surface area contributed by atoms with Crippen molar-refractivity contribution in [3.63, 3.8) is 0 Å². The highest BCUT2D eigenvalue weighted by Gasteiger charge is 2.48. The molecule has 0 saturated heterocycles. The summed E-state index contributed by atoms with van der Waals surface area (Å²) in [7, 11) is -4.21. The zero-order valence-corrected chi connectivity index (χ0v) is 12.9. The van der Waals surface area contributed by atoms with Crippen molar-refractivity contribution in [1.29, 1.82) is 0 Å². The van der Waals surface area contributed by atoms with Crippen molar-refractivity contribution in [3.05, 3.63) is 42.1 Å². The molecule has 0 aliphatic rings. The van der Waals surface area contributed by atoms with Crippen LogP contribution in [0.25, 0.3) is 11.1 Å². The molecule has 0 aliphatic heterocycles. The lowest BCUT2D eigenvalue weighted by Gasteiger charge is -2.12. The van der Waals surface area contributed by atoms with Gasteiger partial charge in [-0.1, -0.05) is 6.07 Å². The van der Waals surface area contributed by atoms with E-state index < -0.39 is 21.4 Å². The van der Waals surface area contributed by atoms with E-state index in [1.54, 1.807) is 19.1 Å². The van der Waals surface area contributed by atoms with Crippen LogP contribution >= 0.6 is 0 Å². The Balaban J connectivity index is 2.31. The minimum Gasteiger partial charge on any atom is -0.481 e. The molecular formula is C14H12F3NO4S. The summed E-state index contributed by atoms with van der Waals surface area (Å²) in [4.78, 5) is 4.03. The van der Waals surface area contributed by atoms with Gasteiger partial charge < -0.3 is 8.92 Å². The lowest BCUT2D eigenvalue weighted by atomic mass is 10.0. The summed E-state index contributed by atoms with van der Waals surface area (Å²) < 4.78 is 67.9. The molecule has 5 nitrogen and oxygen atoms in total. The number of aromatic nitrogens is 1. The van der Waals surface area contributed by atoms with Gasteiger partial charge in [0.05, 0.1) is 7.11 Å². The fourth-order valence-corrected chi connectivity index (χ4v) is 2.30. The van der Waals surface area contributed by atoms with Gasteiger partial charge in [-0.15, -0.1) is 0 Å². The Bertz CT molecular complexity index is 802. The number of pyridine rings is 1. The molecule has 2 rings (SSSR count). The number of methoxy groups -OCH3 is 1. The van der Waals surface area contributed by atoms with E-state index in [1.165, 1.54) is 25.4 Å². The lowest BCUT2D eigenvalue weighted by molar-refractivity contribution is -0.0500. The predicted octanol–water partition coefficient (Wildman–Crippen LogP) is 3.29. The summed E-state index contributed by atoms with van der Waals surface area (Å²) in [5.41, 5.74) is -3.56. The molecule has 0 radical (unpaired) electrons. The van der Waals surface area contributed by atoms with E-state index in [0.717, 1.165) is 6.07 Å². The monoisotopic (exact) mass is 347 g/mol. The number of nitrogens with zero attached hydrogens (tertiary/aromatic N) is 1. The van der Waals surface area contributed by atoms with Crippen molar-refractivity contribution in [2.75, 3.05) is 7.11 Å². The number of ether oxygens (including phenoxy) is 1. The van der Waals surface area contributed by atoms with Crippen LogP contribution in [0.4, 0.5) is 13.2 Å². The maximum absolute atomic E-state index is 12.3. The van der Waals surface area contributed by atoms with E-state index >= 15 is 0 Å². The second kappa shape index (κ2) is 6.07. The van der Waals surface area contributed by atoms with Crippen LogP contribution in [0.3, 0.4) is 0 Å². The molecular weight excluding hydrogens is 335 g/mol. The van der Waals surface area contributed by atoms with Gasteiger partial charge in [0.15, 0.2) is 0 Å². The quantitative estimate of drug-likeness (QED) is 0.627. The average molecular weight is 347 g/mol. The van der Waals surface area contributed by atoms with Crippen LogP contribution in [0.5, 0.6) is 11.6 Å².